The van der Waals surface area contributed by atoms with Gasteiger partial charge in [0.05, 0.1) is 30.2 Å². The minimum Gasteiger partial charge on any atom is -0.458 e. The Morgan fingerprint density at radius 2 is 2.00 bits per heavy atom. The molecule has 1 aliphatic rings. The summed E-state index contributed by atoms with van der Waals surface area (Å²) in [6, 6.07) is 7.08. The number of urea groups is 1. The van der Waals surface area contributed by atoms with Gasteiger partial charge in [-0.3, -0.25) is 9.78 Å². The van der Waals surface area contributed by atoms with Crippen LogP contribution in [0.2, 0.25) is 0 Å². The van der Waals surface area contributed by atoms with Gasteiger partial charge in [-0.2, -0.15) is 0 Å². The largest absolute Gasteiger partial charge is 0.458 e. The van der Waals surface area contributed by atoms with Crippen molar-refractivity contribution in [2.24, 2.45) is 0 Å². The number of nitrogens with zero attached hydrogens (tertiary/aromatic N) is 3. The monoisotopic (exact) mass is 345 g/mol. The molecular weight excluding hydrogens is 330 g/mol. The van der Waals surface area contributed by atoms with E-state index in [0.29, 0.717) is 23.9 Å². The van der Waals surface area contributed by atoms with Gasteiger partial charge in [0.25, 0.3) is 0 Å². The molecule has 2 aromatic rings. The second-order valence-corrected chi connectivity index (χ2v) is 5.87. The third kappa shape index (κ3) is 4.42. The SMILES string of the molecule is O=C1NCC(OC(=O)CSc2nccc(-c3ccccn3)n2)CN1. The van der Waals surface area contributed by atoms with Crippen LogP contribution in [0.5, 0.6) is 0 Å². The summed E-state index contributed by atoms with van der Waals surface area (Å²) in [7, 11) is 0. The lowest BCUT2D eigenvalue weighted by Gasteiger charge is -2.23. The first-order chi connectivity index (χ1) is 11.7. The van der Waals surface area contributed by atoms with E-state index in [1.165, 1.54) is 11.8 Å². The number of carbonyl (C=O) groups is 2. The van der Waals surface area contributed by atoms with Crippen molar-refractivity contribution < 1.29 is 14.3 Å². The number of hydrogen-bond donors (Lipinski definition) is 2. The number of amides is 2. The molecule has 1 fully saturated rings. The van der Waals surface area contributed by atoms with Gasteiger partial charge in [0.2, 0.25) is 0 Å². The lowest BCUT2D eigenvalue weighted by Crippen LogP contribution is -2.52. The van der Waals surface area contributed by atoms with Crippen LogP contribution in [-0.4, -0.2) is 51.9 Å². The molecule has 0 saturated carbocycles. The third-order valence-corrected chi connectivity index (χ3v) is 3.99. The van der Waals surface area contributed by atoms with Crippen molar-refractivity contribution in [3.8, 4) is 11.4 Å². The van der Waals surface area contributed by atoms with Gasteiger partial charge in [-0.05, 0) is 18.2 Å². The lowest BCUT2D eigenvalue weighted by molar-refractivity contribution is -0.145. The van der Waals surface area contributed by atoms with Crippen LogP contribution >= 0.6 is 11.8 Å². The number of aromatic nitrogens is 3. The average Bonchev–Trinajstić information content (AvgIpc) is 2.63. The molecule has 0 radical (unpaired) electrons. The minimum atomic E-state index is -0.380. The first kappa shape index (κ1) is 16.2. The van der Waals surface area contributed by atoms with Crippen molar-refractivity contribution in [2.75, 3.05) is 18.8 Å². The Balaban J connectivity index is 1.53. The van der Waals surface area contributed by atoms with Gasteiger partial charge < -0.3 is 15.4 Å². The van der Waals surface area contributed by atoms with Gasteiger partial charge in [0.1, 0.15) is 6.10 Å². The number of pyridine rings is 1. The summed E-state index contributed by atoms with van der Waals surface area (Å²) in [5.41, 5.74) is 1.44. The van der Waals surface area contributed by atoms with Crippen molar-refractivity contribution in [3.63, 3.8) is 0 Å². The Kier molecular flexibility index (Phi) is 5.22. The van der Waals surface area contributed by atoms with Crippen LogP contribution in [0.4, 0.5) is 4.79 Å². The summed E-state index contributed by atoms with van der Waals surface area (Å²) in [5, 5.41) is 5.62. The minimum absolute atomic E-state index is 0.0934. The summed E-state index contributed by atoms with van der Waals surface area (Å²) in [4.78, 5) is 35.6. The first-order valence-electron chi connectivity index (χ1n) is 7.29. The molecule has 2 N–H and O–H groups in total. The number of hydrogen-bond acceptors (Lipinski definition) is 7. The Hall–Kier alpha value is -2.68. The lowest BCUT2D eigenvalue weighted by atomic mass is 10.3. The van der Waals surface area contributed by atoms with Crippen molar-refractivity contribution in [1.82, 2.24) is 25.6 Å². The molecule has 124 valence electrons. The van der Waals surface area contributed by atoms with E-state index in [1.807, 2.05) is 18.2 Å². The molecule has 1 aliphatic heterocycles. The second kappa shape index (κ2) is 7.73. The number of esters is 1. The van der Waals surface area contributed by atoms with Crippen LogP contribution < -0.4 is 10.6 Å². The van der Waals surface area contributed by atoms with E-state index < -0.39 is 0 Å². The van der Waals surface area contributed by atoms with E-state index in [4.69, 9.17) is 4.74 Å². The Morgan fingerprint density at radius 1 is 1.17 bits per heavy atom. The summed E-state index contributed by atoms with van der Waals surface area (Å²) < 4.78 is 5.27. The molecule has 0 aliphatic carbocycles. The van der Waals surface area contributed by atoms with Gasteiger partial charge in [0.15, 0.2) is 5.16 Å². The molecule has 24 heavy (non-hydrogen) atoms. The summed E-state index contributed by atoms with van der Waals surface area (Å²) in [5.74, 6) is -0.286. The summed E-state index contributed by atoms with van der Waals surface area (Å²) in [6.45, 7) is 0.627. The smallest absolute Gasteiger partial charge is 0.316 e. The van der Waals surface area contributed by atoms with E-state index >= 15 is 0 Å². The Labute approximate surface area is 142 Å². The van der Waals surface area contributed by atoms with Crippen LogP contribution in [0, 0.1) is 0 Å². The van der Waals surface area contributed by atoms with Crippen LogP contribution in [0.25, 0.3) is 11.4 Å². The predicted molar refractivity (Wildman–Crippen MR) is 87.3 cm³/mol. The standard InChI is InChI=1S/C15H15N5O3S/c21-13(23-10-7-18-14(22)19-8-10)9-24-15-17-6-4-12(20-15)11-3-1-2-5-16-11/h1-6,10H,7-9H2,(H2,18,19,22). The third-order valence-electron chi connectivity index (χ3n) is 3.16. The number of carbonyl (C=O) groups excluding carboxylic acids is 2. The van der Waals surface area contributed by atoms with E-state index in [-0.39, 0.29) is 23.9 Å². The van der Waals surface area contributed by atoms with E-state index in [0.717, 1.165) is 5.69 Å². The van der Waals surface area contributed by atoms with Gasteiger partial charge in [-0.25, -0.2) is 14.8 Å². The Bertz CT molecular complexity index is 718. The average molecular weight is 345 g/mol. The zero-order valence-corrected chi connectivity index (χ0v) is 13.5. The van der Waals surface area contributed by atoms with E-state index in [9.17, 15) is 9.59 Å². The maximum Gasteiger partial charge on any atom is 0.316 e. The molecule has 0 spiro atoms. The number of ether oxygens (including phenoxy) is 1. The molecule has 1 saturated heterocycles. The number of thioether (sulfide) groups is 1. The molecule has 0 unspecified atom stereocenters. The highest BCUT2D eigenvalue weighted by Crippen LogP contribution is 2.18. The van der Waals surface area contributed by atoms with E-state index in [1.54, 1.807) is 18.5 Å². The first-order valence-corrected chi connectivity index (χ1v) is 8.28. The van der Waals surface area contributed by atoms with Gasteiger partial charge in [-0.15, -0.1) is 0 Å². The fourth-order valence-electron chi connectivity index (χ4n) is 2.04. The zero-order chi connectivity index (χ0) is 16.8. The van der Waals surface area contributed by atoms with Crippen LogP contribution in [0.3, 0.4) is 0 Å². The molecule has 8 nitrogen and oxygen atoms in total. The normalized spacial score (nSPS) is 14.6. The molecule has 2 aromatic heterocycles. The van der Waals surface area contributed by atoms with Crippen molar-refractivity contribution in [3.05, 3.63) is 36.7 Å². The van der Waals surface area contributed by atoms with Crippen molar-refractivity contribution in [1.29, 1.82) is 0 Å². The highest BCUT2D eigenvalue weighted by Gasteiger charge is 2.20. The molecule has 9 heteroatoms. The molecule has 0 aromatic carbocycles. The molecular formula is C15H15N5O3S. The van der Waals surface area contributed by atoms with Gasteiger partial charge in [0, 0.05) is 12.4 Å². The maximum atomic E-state index is 11.9. The zero-order valence-electron chi connectivity index (χ0n) is 12.6. The number of nitrogens with one attached hydrogen (secondary N) is 2. The highest BCUT2D eigenvalue weighted by atomic mass is 32.2. The second-order valence-electron chi connectivity index (χ2n) is 4.93. The fourth-order valence-corrected chi connectivity index (χ4v) is 2.66. The molecule has 3 rings (SSSR count). The van der Waals surface area contributed by atoms with E-state index in [2.05, 4.69) is 25.6 Å². The Morgan fingerprint density at radius 3 is 2.75 bits per heavy atom. The highest BCUT2D eigenvalue weighted by molar-refractivity contribution is 7.99. The van der Waals surface area contributed by atoms with Crippen molar-refractivity contribution in [2.45, 2.75) is 11.3 Å². The fraction of sp³-hybridized carbons (Fsp3) is 0.267. The molecule has 0 atom stereocenters. The topological polar surface area (TPSA) is 106 Å². The number of rotatable bonds is 5. The van der Waals surface area contributed by atoms with Gasteiger partial charge >= 0.3 is 12.0 Å². The van der Waals surface area contributed by atoms with Gasteiger partial charge in [-0.1, -0.05) is 17.8 Å². The van der Waals surface area contributed by atoms with Crippen LogP contribution in [-0.2, 0) is 9.53 Å². The van der Waals surface area contributed by atoms with Crippen molar-refractivity contribution >= 4 is 23.8 Å². The maximum absolute atomic E-state index is 11.9. The molecule has 2 amide bonds. The van der Waals surface area contributed by atoms with Crippen LogP contribution in [0.1, 0.15) is 0 Å². The quantitative estimate of drug-likeness (QED) is 0.470. The summed E-state index contributed by atoms with van der Waals surface area (Å²) >= 11 is 1.19. The molecule has 0 bridgehead atoms. The summed E-state index contributed by atoms with van der Waals surface area (Å²) in [6.07, 6.45) is 2.96. The predicted octanol–water partition coefficient (Wildman–Crippen LogP) is 0.855. The molecule has 3 heterocycles. The van der Waals surface area contributed by atoms with Crippen LogP contribution in [0.15, 0.2) is 41.8 Å².